The zero-order valence-corrected chi connectivity index (χ0v) is 15.6. The third-order valence-electron chi connectivity index (χ3n) is 3.43. The summed E-state index contributed by atoms with van der Waals surface area (Å²) in [6, 6.07) is 4.89. The first-order valence-electron chi connectivity index (χ1n) is 8.09. The molecule has 1 aromatic heterocycles. The second kappa shape index (κ2) is 7.83. The lowest BCUT2D eigenvalue weighted by molar-refractivity contribution is 0.0601. The Balaban J connectivity index is 2.60. The molecule has 0 fully saturated rings. The van der Waals surface area contributed by atoms with E-state index in [9.17, 15) is 9.59 Å². The molecule has 0 aliphatic carbocycles. The second-order valence-electron chi connectivity index (χ2n) is 6.63. The fourth-order valence-electron chi connectivity index (χ4n) is 2.32. The smallest absolute Gasteiger partial charge is 0.337 e. The number of hydrogen-bond acceptors (Lipinski definition) is 5. The van der Waals surface area contributed by atoms with Gasteiger partial charge in [0.15, 0.2) is 5.16 Å². The van der Waals surface area contributed by atoms with Gasteiger partial charge in [-0.15, -0.1) is 0 Å². The largest absolute Gasteiger partial charge is 0.465 e. The Morgan fingerprint density at radius 2 is 1.96 bits per heavy atom. The molecular weight excluding hydrogens is 324 g/mol. The number of benzene rings is 1. The highest BCUT2D eigenvalue weighted by molar-refractivity contribution is 7.99. The van der Waals surface area contributed by atoms with Gasteiger partial charge in [-0.2, -0.15) is 0 Å². The third kappa shape index (κ3) is 4.17. The van der Waals surface area contributed by atoms with Crippen LogP contribution in [0.25, 0.3) is 10.9 Å². The molecule has 0 unspecified atom stereocenters. The summed E-state index contributed by atoms with van der Waals surface area (Å²) in [5.74, 6) is 1.29. The first-order valence-corrected chi connectivity index (χ1v) is 9.07. The van der Waals surface area contributed by atoms with Gasteiger partial charge < -0.3 is 4.74 Å². The number of nitrogens with zero attached hydrogens (tertiary/aromatic N) is 2. The number of ether oxygens (including phenoxy) is 1. The van der Waals surface area contributed by atoms with E-state index in [0.29, 0.717) is 40.0 Å². The number of aromatic nitrogens is 2. The lowest BCUT2D eigenvalue weighted by Gasteiger charge is -2.15. The molecule has 6 heteroatoms. The van der Waals surface area contributed by atoms with Crippen LogP contribution in [0.1, 0.15) is 38.1 Å². The minimum Gasteiger partial charge on any atom is -0.465 e. The van der Waals surface area contributed by atoms with E-state index < -0.39 is 5.97 Å². The minimum absolute atomic E-state index is 0.0589. The molecule has 2 aromatic rings. The average Bonchev–Trinajstić information content (AvgIpc) is 2.54. The number of thioether (sulfide) groups is 1. The fourth-order valence-corrected chi connectivity index (χ4v) is 3.28. The monoisotopic (exact) mass is 348 g/mol. The van der Waals surface area contributed by atoms with E-state index in [1.807, 2.05) is 0 Å². The summed E-state index contributed by atoms with van der Waals surface area (Å²) in [4.78, 5) is 29.2. The Morgan fingerprint density at radius 3 is 2.54 bits per heavy atom. The second-order valence-corrected chi connectivity index (χ2v) is 7.62. The van der Waals surface area contributed by atoms with Crippen molar-refractivity contribution in [2.75, 3.05) is 12.9 Å². The van der Waals surface area contributed by atoms with Crippen molar-refractivity contribution in [2.24, 2.45) is 11.8 Å². The molecule has 0 N–H and O–H groups in total. The van der Waals surface area contributed by atoms with Crippen molar-refractivity contribution in [1.82, 2.24) is 9.55 Å². The van der Waals surface area contributed by atoms with Crippen molar-refractivity contribution in [1.29, 1.82) is 0 Å². The van der Waals surface area contributed by atoms with Crippen LogP contribution in [0.15, 0.2) is 28.2 Å². The predicted octanol–water partition coefficient (Wildman–Crippen LogP) is 3.59. The van der Waals surface area contributed by atoms with Crippen molar-refractivity contribution in [3.63, 3.8) is 0 Å². The van der Waals surface area contributed by atoms with Gasteiger partial charge in [-0.3, -0.25) is 9.36 Å². The molecule has 0 spiro atoms. The van der Waals surface area contributed by atoms with Crippen molar-refractivity contribution < 1.29 is 9.53 Å². The maximum atomic E-state index is 12.9. The Morgan fingerprint density at radius 1 is 1.25 bits per heavy atom. The Kier molecular flexibility index (Phi) is 6.04. The van der Waals surface area contributed by atoms with Crippen LogP contribution < -0.4 is 5.56 Å². The molecule has 0 saturated carbocycles. The number of methoxy groups -OCH3 is 1. The van der Waals surface area contributed by atoms with Crippen LogP contribution in [0.4, 0.5) is 0 Å². The normalized spacial score (nSPS) is 11.5. The van der Waals surface area contributed by atoms with Crippen molar-refractivity contribution in [2.45, 2.75) is 39.4 Å². The standard InChI is InChI=1S/C18H24N2O3S/c1-11(2)9-20-16(21)14-7-6-13(17(22)23-5)8-15(14)19-18(20)24-10-12(3)4/h6-8,11-12H,9-10H2,1-5H3. The maximum absolute atomic E-state index is 12.9. The zero-order chi connectivity index (χ0) is 17.9. The highest BCUT2D eigenvalue weighted by Gasteiger charge is 2.15. The van der Waals surface area contributed by atoms with Gasteiger partial charge in [0.05, 0.1) is 23.6 Å². The summed E-state index contributed by atoms with van der Waals surface area (Å²) in [5.41, 5.74) is 0.879. The van der Waals surface area contributed by atoms with Gasteiger partial charge in [0.25, 0.3) is 5.56 Å². The molecule has 5 nitrogen and oxygen atoms in total. The number of esters is 1. The van der Waals surface area contributed by atoms with E-state index in [2.05, 4.69) is 32.7 Å². The molecule has 0 bridgehead atoms. The van der Waals surface area contributed by atoms with Crippen molar-refractivity contribution in [3.05, 3.63) is 34.1 Å². The van der Waals surface area contributed by atoms with Crippen molar-refractivity contribution in [3.8, 4) is 0 Å². The molecule has 0 amide bonds. The van der Waals surface area contributed by atoms with Gasteiger partial charge in [-0.1, -0.05) is 39.5 Å². The first kappa shape index (κ1) is 18.5. The molecule has 1 aromatic carbocycles. The lowest BCUT2D eigenvalue weighted by Crippen LogP contribution is -2.25. The van der Waals surface area contributed by atoms with Crippen LogP contribution in [0.2, 0.25) is 0 Å². The average molecular weight is 348 g/mol. The number of carbonyl (C=O) groups excluding carboxylic acids is 1. The highest BCUT2D eigenvalue weighted by atomic mass is 32.2. The van der Waals surface area contributed by atoms with E-state index in [0.717, 1.165) is 5.75 Å². The molecule has 1 heterocycles. The van der Waals surface area contributed by atoms with E-state index in [4.69, 9.17) is 4.74 Å². The number of hydrogen-bond donors (Lipinski definition) is 0. The highest BCUT2D eigenvalue weighted by Crippen LogP contribution is 2.22. The van der Waals surface area contributed by atoms with Crippen LogP contribution in [0.5, 0.6) is 0 Å². The Labute approximate surface area is 146 Å². The molecular formula is C18H24N2O3S. The van der Waals surface area contributed by atoms with Crippen LogP contribution >= 0.6 is 11.8 Å². The van der Waals surface area contributed by atoms with Crippen LogP contribution in [-0.2, 0) is 11.3 Å². The molecule has 2 rings (SSSR count). The molecule has 0 saturated heterocycles. The molecule has 0 aliphatic rings. The zero-order valence-electron chi connectivity index (χ0n) is 14.8. The van der Waals surface area contributed by atoms with Crippen LogP contribution in [-0.4, -0.2) is 28.4 Å². The molecule has 0 radical (unpaired) electrons. The molecule has 24 heavy (non-hydrogen) atoms. The summed E-state index contributed by atoms with van der Waals surface area (Å²) >= 11 is 1.58. The number of carbonyl (C=O) groups is 1. The van der Waals surface area contributed by atoms with Crippen LogP contribution in [0, 0.1) is 11.8 Å². The summed E-state index contributed by atoms with van der Waals surface area (Å²) in [5, 5.41) is 1.23. The number of rotatable bonds is 6. The summed E-state index contributed by atoms with van der Waals surface area (Å²) in [6.45, 7) is 9.05. The topological polar surface area (TPSA) is 61.2 Å². The number of fused-ring (bicyclic) bond motifs is 1. The minimum atomic E-state index is -0.429. The van der Waals surface area contributed by atoms with Gasteiger partial charge in [0.2, 0.25) is 0 Å². The predicted molar refractivity (Wildman–Crippen MR) is 97.7 cm³/mol. The maximum Gasteiger partial charge on any atom is 0.337 e. The fraction of sp³-hybridized carbons (Fsp3) is 0.500. The van der Waals surface area contributed by atoms with Crippen LogP contribution in [0.3, 0.4) is 0 Å². The third-order valence-corrected chi connectivity index (χ3v) is 4.84. The molecule has 0 atom stereocenters. The Hall–Kier alpha value is -1.82. The van der Waals surface area contributed by atoms with E-state index >= 15 is 0 Å². The van der Waals surface area contributed by atoms with Gasteiger partial charge in [0.1, 0.15) is 0 Å². The summed E-state index contributed by atoms with van der Waals surface area (Å²) < 4.78 is 6.49. The van der Waals surface area contributed by atoms with Gasteiger partial charge in [0, 0.05) is 12.3 Å². The van der Waals surface area contributed by atoms with Gasteiger partial charge in [-0.05, 0) is 30.0 Å². The van der Waals surface area contributed by atoms with Gasteiger partial charge in [-0.25, -0.2) is 9.78 Å². The summed E-state index contributed by atoms with van der Waals surface area (Å²) in [7, 11) is 1.34. The lowest BCUT2D eigenvalue weighted by atomic mass is 10.1. The van der Waals surface area contributed by atoms with E-state index in [-0.39, 0.29) is 5.56 Å². The Bertz CT molecular complexity index is 797. The van der Waals surface area contributed by atoms with Crippen molar-refractivity contribution >= 4 is 28.6 Å². The summed E-state index contributed by atoms with van der Waals surface area (Å²) in [6.07, 6.45) is 0. The molecule has 130 valence electrons. The first-order chi connectivity index (χ1) is 11.3. The molecule has 0 aliphatic heterocycles. The van der Waals surface area contributed by atoms with E-state index in [1.54, 1.807) is 34.5 Å². The van der Waals surface area contributed by atoms with E-state index in [1.165, 1.54) is 7.11 Å². The quantitative estimate of drug-likeness (QED) is 0.453. The SMILES string of the molecule is COC(=O)c1ccc2c(=O)n(CC(C)C)c(SCC(C)C)nc2c1. The van der Waals surface area contributed by atoms with Gasteiger partial charge >= 0.3 is 5.97 Å².